The van der Waals surface area contributed by atoms with Crippen molar-refractivity contribution in [3.63, 3.8) is 0 Å². The molecule has 0 aromatic carbocycles. The molecule has 1 rings (SSSR count). The molecule has 0 aromatic heterocycles. The SMILES string of the molecule is CC(C)C(=O)OC1CCCC(O)C1. The molecule has 1 aliphatic carbocycles. The van der Waals surface area contributed by atoms with Crippen LogP contribution in [0.15, 0.2) is 0 Å². The summed E-state index contributed by atoms with van der Waals surface area (Å²) >= 11 is 0. The van der Waals surface area contributed by atoms with Gasteiger partial charge in [0, 0.05) is 6.42 Å². The van der Waals surface area contributed by atoms with Crippen LogP contribution in [0.25, 0.3) is 0 Å². The molecule has 1 aliphatic rings. The van der Waals surface area contributed by atoms with E-state index in [0.717, 1.165) is 19.3 Å². The van der Waals surface area contributed by atoms with Crippen LogP contribution in [0.3, 0.4) is 0 Å². The molecule has 3 nitrogen and oxygen atoms in total. The van der Waals surface area contributed by atoms with Crippen molar-refractivity contribution in [2.45, 2.75) is 51.7 Å². The second kappa shape index (κ2) is 4.61. The van der Waals surface area contributed by atoms with Crippen LogP contribution in [-0.4, -0.2) is 23.3 Å². The van der Waals surface area contributed by atoms with E-state index in [1.165, 1.54) is 0 Å². The summed E-state index contributed by atoms with van der Waals surface area (Å²) in [6, 6.07) is 0. The fourth-order valence-electron chi connectivity index (χ4n) is 1.53. The fraction of sp³-hybridized carbons (Fsp3) is 0.900. The highest BCUT2D eigenvalue weighted by atomic mass is 16.5. The Labute approximate surface area is 79.1 Å². The van der Waals surface area contributed by atoms with Crippen molar-refractivity contribution < 1.29 is 14.6 Å². The quantitative estimate of drug-likeness (QED) is 0.664. The monoisotopic (exact) mass is 186 g/mol. The smallest absolute Gasteiger partial charge is 0.308 e. The highest BCUT2D eigenvalue weighted by molar-refractivity contribution is 5.71. The number of hydrogen-bond donors (Lipinski definition) is 1. The van der Waals surface area contributed by atoms with Gasteiger partial charge in [-0.1, -0.05) is 13.8 Å². The van der Waals surface area contributed by atoms with Crippen molar-refractivity contribution in [1.82, 2.24) is 0 Å². The molecule has 2 unspecified atom stereocenters. The van der Waals surface area contributed by atoms with Gasteiger partial charge in [0.1, 0.15) is 6.10 Å². The van der Waals surface area contributed by atoms with E-state index >= 15 is 0 Å². The average molecular weight is 186 g/mol. The summed E-state index contributed by atoms with van der Waals surface area (Å²) in [6.07, 6.45) is 2.97. The predicted molar refractivity (Wildman–Crippen MR) is 49.2 cm³/mol. The molecule has 13 heavy (non-hydrogen) atoms. The highest BCUT2D eigenvalue weighted by Crippen LogP contribution is 2.21. The summed E-state index contributed by atoms with van der Waals surface area (Å²) < 4.78 is 5.22. The van der Waals surface area contributed by atoms with E-state index in [1.54, 1.807) is 0 Å². The van der Waals surface area contributed by atoms with E-state index in [9.17, 15) is 9.90 Å². The third-order valence-corrected chi connectivity index (χ3v) is 2.35. The average Bonchev–Trinajstić information content (AvgIpc) is 2.04. The maximum atomic E-state index is 11.2. The number of rotatable bonds is 2. The highest BCUT2D eigenvalue weighted by Gasteiger charge is 2.23. The molecule has 1 N–H and O–H groups in total. The molecule has 3 heteroatoms. The van der Waals surface area contributed by atoms with Crippen LogP contribution in [0, 0.1) is 5.92 Å². The van der Waals surface area contributed by atoms with E-state index in [-0.39, 0.29) is 24.1 Å². The lowest BCUT2D eigenvalue weighted by Gasteiger charge is -2.26. The van der Waals surface area contributed by atoms with Crippen LogP contribution in [0.1, 0.15) is 39.5 Å². The molecular formula is C10H18O3. The summed E-state index contributed by atoms with van der Waals surface area (Å²) in [4.78, 5) is 11.2. The van der Waals surface area contributed by atoms with Gasteiger partial charge in [0.25, 0.3) is 0 Å². The number of hydrogen-bond acceptors (Lipinski definition) is 3. The second-order valence-electron chi connectivity index (χ2n) is 4.03. The minimum absolute atomic E-state index is 0.0568. The number of carbonyl (C=O) groups excluding carboxylic acids is 1. The number of aliphatic hydroxyl groups excluding tert-OH is 1. The molecule has 0 radical (unpaired) electrons. The summed E-state index contributed by atoms with van der Waals surface area (Å²) in [5.41, 5.74) is 0. The Bertz CT molecular complexity index is 177. The molecule has 1 saturated carbocycles. The standard InChI is InChI=1S/C10H18O3/c1-7(2)10(12)13-9-5-3-4-8(11)6-9/h7-9,11H,3-6H2,1-2H3. The molecule has 0 saturated heterocycles. The third kappa shape index (κ3) is 3.35. The fourth-order valence-corrected chi connectivity index (χ4v) is 1.53. The molecule has 0 amide bonds. The Morgan fingerprint density at radius 1 is 1.46 bits per heavy atom. The van der Waals surface area contributed by atoms with Gasteiger partial charge in [-0.25, -0.2) is 0 Å². The van der Waals surface area contributed by atoms with Gasteiger partial charge < -0.3 is 9.84 Å². The van der Waals surface area contributed by atoms with E-state index < -0.39 is 0 Å². The van der Waals surface area contributed by atoms with Crippen LogP contribution in [-0.2, 0) is 9.53 Å². The Morgan fingerprint density at radius 2 is 2.15 bits per heavy atom. The van der Waals surface area contributed by atoms with Crippen LogP contribution >= 0.6 is 0 Å². The summed E-state index contributed by atoms with van der Waals surface area (Å²) in [5.74, 6) is -0.224. The Kier molecular flexibility index (Phi) is 3.72. The topological polar surface area (TPSA) is 46.5 Å². The van der Waals surface area contributed by atoms with Crippen molar-refractivity contribution in [2.75, 3.05) is 0 Å². The van der Waals surface area contributed by atoms with Crippen molar-refractivity contribution in [3.05, 3.63) is 0 Å². The van der Waals surface area contributed by atoms with E-state index in [1.807, 2.05) is 13.8 Å². The number of carbonyl (C=O) groups is 1. The lowest BCUT2D eigenvalue weighted by atomic mass is 9.95. The summed E-state index contributed by atoms with van der Waals surface area (Å²) in [7, 11) is 0. The normalized spacial score (nSPS) is 28.9. The van der Waals surface area contributed by atoms with Crippen molar-refractivity contribution in [2.24, 2.45) is 5.92 Å². The summed E-state index contributed by atoms with van der Waals surface area (Å²) in [6.45, 7) is 3.64. The van der Waals surface area contributed by atoms with Gasteiger partial charge in [-0.05, 0) is 19.3 Å². The van der Waals surface area contributed by atoms with Crippen molar-refractivity contribution in [1.29, 1.82) is 0 Å². The molecule has 2 atom stereocenters. The predicted octanol–water partition coefficient (Wildman–Crippen LogP) is 1.49. The molecule has 76 valence electrons. The Hall–Kier alpha value is -0.570. The van der Waals surface area contributed by atoms with E-state index in [2.05, 4.69) is 0 Å². The lowest BCUT2D eigenvalue weighted by Crippen LogP contribution is -2.29. The van der Waals surface area contributed by atoms with Crippen LogP contribution < -0.4 is 0 Å². The first-order valence-corrected chi connectivity index (χ1v) is 4.98. The van der Waals surface area contributed by atoms with Crippen LogP contribution in [0.2, 0.25) is 0 Å². The zero-order chi connectivity index (χ0) is 9.84. The van der Waals surface area contributed by atoms with Crippen LogP contribution in [0.4, 0.5) is 0 Å². The first kappa shape index (κ1) is 10.5. The number of aliphatic hydroxyl groups is 1. The number of ether oxygens (including phenoxy) is 1. The van der Waals surface area contributed by atoms with Gasteiger partial charge in [0.15, 0.2) is 0 Å². The second-order valence-corrected chi connectivity index (χ2v) is 4.03. The van der Waals surface area contributed by atoms with Gasteiger partial charge in [0.2, 0.25) is 0 Å². The largest absolute Gasteiger partial charge is 0.462 e. The van der Waals surface area contributed by atoms with Gasteiger partial charge in [-0.15, -0.1) is 0 Å². The van der Waals surface area contributed by atoms with Crippen LogP contribution in [0.5, 0.6) is 0 Å². The molecule has 0 aliphatic heterocycles. The zero-order valence-electron chi connectivity index (χ0n) is 8.32. The van der Waals surface area contributed by atoms with Crippen molar-refractivity contribution in [3.8, 4) is 0 Å². The Balaban J connectivity index is 2.31. The first-order chi connectivity index (χ1) is 6.09. The molecule has 0 aromatic rings. The maximum absolute atomic E-state index is 11.2. The Morgan fingerprint density at radius 3 is 2.69 bits per heavy atom. The minimum Gasteiger partial charge on any atom is -0.462 e. The van der Waals surface area contributed by atoms with Gasteiger partial charge >= 0.3 is 5.97 Å². The lowest BCUT2D eigenvalue weighted by molar-refractivity contribution is -0.155. The van der Waals surface area contributed by atoms with Gasteiger partial charge in [0.05, 0.1) is 12.0 Å². The molecule has 0 bridgehead atoms. The van der Waals surface area contributed by atoms with Gasteiger partial charge in [-0.2, -0.15) is 0 Å². The zero-order valence-corrected chi connectivity index (χ0v) is 8.32. The summed E-state index contributed by atoms with van der Waals surface area (Å²) in [5, 5.41) is 9.34. The molecule has 0 spiro atoms. The minimum atomic E-state index is -0.279. The number of esters is 1. The van der Waals surface area contributed by atoms with E-state index in [4.69, 9.17) is 4.74 Å². The third-order valence-electron chi connectivity index (χ3n) is 2.35. The molecule has 1 fully saturated rings. The molecular weight excluding hydrogens is 168 g/mol. The van der Waals surface area contributed by atoms with Gasteiger partial charge in [-0.3, -0.25) is 4.79 Å². The van der Waals surface area contributed by atoms with Crippen molar-refractivity contribution >= 4 is 5.97 Å². The maximum Gasteiger partial charge on any atom is 0.308 e. The first-order valence-electron chi connectivity index (χ1n) is 4.98. The molecule has 0 heterocycles. The van der Waals surface area contributed by atoms with E-state index in [0.29, 0.717) is 6.42 Å².